The number of ether oxygens (including phenoxy) is 1. The molecule has 1 aliphatic carbocycles. The molecular formula is C25H24N2O2. The van der Waals surface area contributed by atoms with Gasteiger partial charge in [0, 0.05) is 17.0 Å². The summed E-state index contributed by atoms with van der Waals surface area (Å²) >= 11 is 0. The molecule has 3 aromatic rings. The minimum absolute atomic E-state index is 0.110. The highest BCUT2D eigenvalue weighted by molar-refractivity contribution is 6.05. The maximum Gasteiger partial charge on any atom is 0.246 e. The Hall–Kier alpha value is -3.40. The van der Waals surface area contributed by atoms with E-state index >= 15 is 0 Å². The van der Waals surface area contributed by atoms with Gasteiger partial charge in [-0.05, 0) is 60.2 Å². The molecule has 0 heterocycles. The summed E-state index contributed by atoms with van der Waals surface area (Å²) in [6.45, 7) is 0.115. The fourth-order valence-electron chi connectivity index (χ4n) is 3.75. The standard InChI is InChI=1S/C25H24N2O2/c1-29-20-14-15-22-19(16-20)10-7-13-23(22)26-17-25(28)27-24-12-6-5-11-21(24)18-8-3-2-4-9-18/h2-6,8-9,11-12,14-16H,7,10,13,17H2,1H3,(H,27,28). The van der Waals surface area contributed by atoms with Gasteiger partial charge in [-0.15, -0.1) is 0 Å². The van der Waals surface area contributed by atoms with Crippen LogP contribution >= 0.6 is 0 Å². The molecular weight excluding hydrogens is 360 g/mol. The third-order valence-electron chi connectivity index (χ3n) is 5.18. The number of amides is 1. The zero-order valence-corrected chi connectivity index (χ0v) is 16.5. The second kappa shape index (κ2) is 8.74. The Labute approximate surface area is 171 Å². The molecule has 1 aliphatic rings. The molecule has 1 N–H and O–H groups in total. The van der Waals surface area contributed by atoms with Crippen molar-refractivity contribution in [1.29, 1.82) is 0 Å². The second-order valence-electron chi connectivity index (χ2n) is 7.10. The minimum atomic E-state index is -0.110. The number of hydrogen-bond acceptors (Lipinski definition) is 3. The topological polar surface area (TPSA) is 50.7 Å². The van der Waals surface area contributed by atoms with Gasteiger partial charge in [0.2, 0.25) is 5.91 Å². The normalized spacial score (nSPS) is 14.3. The number of fused-ring (bicyclic) bond motifs is 1. The average Bonchev–Trinajstić information content (AvgIpc) is 2.78. The van der Waals surface area contributed by atoms with Gasteiger partial charge >= 0.3 is 0 Å². The van der Waals surface area contributed by atoms with E-state index in [1.165, 1.54) is 5.56 Å². The summed E-state index contributed by atoms with van der Waals surface area (Å²) < 4.78 is 5.32. The molecule has 4 nitrogen and oxygen atoms in total. The summed E-state index contributed by atoms with van der Waals surface area (Å²) in [5.74, 6) is 0.752. The van der Waals surface area contributed by atoms with E-state index in [1.54, 1.807) is 7.11 Å². The number of aliphatic imine (C=N–C) groups is 1. The molecule has 0 radical (unpaired) electrons. The first-order valence-electron chi connectivity index (χ1n) is 9.89. The molecule has 0 aliphatic heterocycles. The summed E-state index contributed by atoms with van der Waals surface area (Å²) in [6, 6.07) is 24.0. The Bertz CT molecular complexity index is 1040. The fraction of sp³-hybridized carbons (Fsp3) is 0.200. The number of para-hydroxylation sites is 1. The number of carbonyl (C=O) groups is 1. The number of anilines is 1. The molecule has 0 fully saturated rings. The Balaban J connectivity index is 1.50. The van der Waals surface area contributed by atoms with Gasteiger partial charge in [0.25, 0.3) is 0 Å². The van der Waals surface area contributed by atoms with Crippen molar-refractivity contribution in [3.05, 3.63) is 83.9 Å². The van der Waals surface area contributed by atoms with E-state index in [-0.39, 0.29) is 12.5 Å². The van der Waals surface area contributed by atoms with Gasteiger partial charge in [0.15, 0.2) is 0 Å². The van der Waals surface area contributed by atoms with Crippen LogP contribution in [-0.4, -0.2) is 25.3 Å². The molecule has 0 atom stereocenters. The molecule has 1 amide bonds. The van der Waals surface area contributed by atoms with Crippen LogP contribution in [0.25, 0.3) is 11.1 Å². The van der Waals surface area contributed by atoms with E-state index < -0.39 is 0 Å². The van der Waals surface area contributed by atoms with Crippen LogP contribution in [0.15, 0.2) is 77.8 Å². The van der Waals surface area contributed by atoms with Crippen molar-refractivity contribution in [3.63, 3.8) is 0 Å². The van der Waals surface area contributed by atoms with E-state index in [2.05, 4.69) is 22.4 Å². The van der Waals surface area contributed by atoms with Crippen molar-refractivity contribution in [2.75, 3.05) is 19.0 Å². The Kier molecular flexibility index (Phi) is 5.71. The molecule has 3 aromatic carbocycles. The lowest BCUT2D eigenvalue weighted by Gasteiger charge is -2.19. The van der Waals surface area contributed by atoms with Crippen LogP contribution in [0.2, 0.25) is 0 Å². The van der Waals surface area contributed by atoms with Gasteiger partial charge < -0.3 is 10.1 Å². The third-order valence-corrected chi connectivity index (χ3v) is 5.18. The molecule has 0 saturated carbocycles. The number of benzene rings is 3. The van der Waals surface area contributed by atoms with E-state index in [1.807, 2.05) is 60.7 Å². The maximum atomic E-state index is 12.6. The Morgan fingerprint density at radius 1 is 0.966 bits per heavy atom. The van der Waals surface area contributed by atoms with Crippen LogP contribution in [-0.2, 0) is 11.2 Å². The van der Waals surface area contributed by atoms with Crippen LogP contribution in [0.3, 0.4) is 0 Å². The second-order valence-corrected chi connectivity index (χ2v) is 7.10. The van der Waals surface area contributed by atoms with E-state index in [4.69, 9.17) is 4.74 Å². The van der Waals surface area contributed by atoms with Gasteiger partial charge in [-0.2, -0.15) is 0 Å². The highest BCUT2D eigenvalue weighted by atomic mass is 16.5. The number of nitrogens with zero attached hydrogens (tertiary/aromatic N) is 1. The van der Waals surface area contributed by atoms with E-state index in [9.17, 15) is 4.79 Å². The number of aryl methyl sites for hydroxylation is 1. The lowest BCUT2D eigenvalue weighted by Crippen LogP contribution is -2.19. The monoisotopic (exact) mass is 384 g/mol. The van der Waals surface area contributed by atoms with Crippen molar-refractivity contribution in [3.8, 4) is 16.9 Å². The summed E-state index contributed by atoms with van der Waals surface area (Å²) in [5, 5.41) is 3.02. The van der Waals surface area contributed by atoms with Crippen LogP contribution in [0.4, 0.5) is 5.69 Å². The molecule has 4 heteroatoms. The maximum absolute atomic E-state index is 12.6. The van der Waals surface area contributed by atoms with Gasteiger partial charge in [-0.1, -0.05) is 48.5 Å². The molecule has 0 spiro atoms. The SMILES string of the molecule is COc1ccc2c(c1)CCCC2=NCC(=O)Nc1ccccc1-c1ccccc1. The predicted octanol–water partition coefficient (Wildman–Crippen LogP) is 5.13. The van der Waals surface area contributed by atoms with Crippen molar-refractivity contribution in [1.82, 2.24) is 0 Å². The van der Waals surface area contributed by atoms with Crippen LogP contribution in [0.1, 0.15) is 24.0 Å². The number of carbonyl (C=O) groups excluding carboxylic acids is 1. The lowest BCUT2D eigenvalue weighted by atomic mass is 9.90. The summed E-state index contributed by atoms with van der Waals surface area (Å²) in [4.78, 5) is 17.3. The largest absolute Gasteiger partial charge is 0.497 e. The zero-order chi connectivity index (χ0) is 20.1. The van der Waals surface area contributed by atoms with Gasteiger partial charge in [0.05, 0.1) is 7.11 Å². The minimum Gasteiger partial charge on any atom is -0.497 e. The molecule has 4 rings (SSSR count). The fourth-order valence-corrected chi connectivity index (χ4v) is 3.75. The summed E-state index contributed by atoms with van der Waals surface area (Å²) in [5.41, 5.74) is 6.26. The van der Waals surface area contributed by atoms with Crippen molar-refractivity contribution in [2.45, 2.75) is 19.3 Å². The first-order chi connectivity index (χ1) is 14.2. The smallest absolute Gasteiger partial charge is 0.246 e. The van der Waals surface area contributed by atoms with Crippen molar-refractivity contribution < 1.29 is 9.53 Å². The molecule has 0 saturated heterocycles. The number of methoxy groups -OCH3 is 1. The highest BCUT2D eigenvalue weighted by Gasteiger charge is 2.16. The predicted molar refractivity (Wildman–Crippen MR) is 118 cm³/mol. The quantitative estimate of drug-likeness (QED) is 0.663. The molecule has 0 unspecified atom stereocenters. The van der Waals surface area contributed by atoms with Crippen molar-refractivity contribution >= 4 is 17.3 Å². The third kappa shape index (κ3) is 4.37. The van der Waals surface area contributed by atoms with E-state index in [0.29, 0.717) is 0 Å². The summed E-state index contributed by atoms with van der Waals surface area (Å²) in [7, 11) is 1.68. The first kappa shape index (κ1) is 18.9. The number of rotatable bonds is 5. The van der Waals surface area contributed by atoms with Gasteiger partial charge in [-0.25, -0.2) is 0 Å². The molecule has 0 bridgehead atoms. The first-order valence-corrected chi connectivity index (χ1v) is 9.89. The summed E-state index contributed by atoms with van der Waals surface area (Å²) in [6.07, 6.45) is 2.95. The number of nitrogens with one attached hydrogen (secondary N) is 1. The molecule has 0 aromatic heterocycles. The Morgan fingerprint density at radius 2 is 1.76 bits per heavy atom. The average molecular weight is 384 g/mol. The van der Waals surface area contributed by atoms with Gasteiger partial charge in [0.1, 0.15) is 12.3 Å². The Morgan fingerprint density at radius 3 is 2.59 bits per heavy atom. The van der Waals surface area contributed by atoms with Crippen LogP contribution in [0.5, 0.6) is 5.75 Å². The van der Waals surface area contributed by atoms with Crippen LogP contribution < -0.4 is 10.1 Å². The van der Waals surface area contributed by atoms with Crippen LogP contribution in [0, 0.1) is 0 Å². The zero-order valence-electron chi connectivity index (χ0n) is 16.5. The van der Waals surface area contributed by atoms with Crippen molar-refractivity contribution in [2.24, 2.45) is 4.99 Å². The van der Waals surface area contributed by atoms with Gasteiger partial charge in [-0.3, -0.25) is 9.79 Å². The molecule has 29 heavy (non-hydrogen) atoms. The number of hydrogen-bond donors (Lipinski definition) is 1. The van der Waals surface area contributed by atoms with E-state index in [0.717, 1.165) is 53.1 Å². The molecule has 146 valence electrons. The highest BCUT2D eigenvalue weighted by Crippen LogP contribution is 2.28. The lowest BCUT2D eigenvalue weighted by molar-refractivity contribution is -0.114.